The van der Waals surface area contributed by atoms with Crippen molar-refractivity contribution in [3.8, 4) is 5.75 Å². The van der Waals surface area contributed by atoms with E-state index in [4.69, 9.17) is 16.3 Å². The van der Waals surface area contributed by atoms with Crippen LogP contribution in [0.1, 0.15) is 29.3 Å². The van der Waals surface area contributed by atoms with Crippen molar-refractivity contribution < 1.29 is 14.5 Å². The quantitative estimate of drug-likeness (QED) is 0.437. The van der Waals surface area contributed by atoms with Crippen LogP contribution in [0.2, 0.25) is 5.02 Å². The summed E-state index contributed by atoms with van der Waals surface area (Å²) in [7, 11) is 0. The van der Waals surface area contributed by atoms with Gasteiger partial charge in [-0.15, -0.1) is 0 Å². The molecule has 0 saturated heterocycles. The number of carbonyl (C=O) groups excluding carboxylic acids is 1. The van der Waals surface area contributed by atoms with Crippen LogP contribution in [-0.2, 0) is 6.42 Å². The topological polar surface area (TPSA) is 81.5 Å². The van der Waals surface area contributed by atoms with Crippen LogP contribution >= 0.6 is 11.6 Å². The number of non-ortho nitro benzene ring substituents is 1. The lowest BCUT2D eigenvalue weighted by atomic mass is 10.1. The van der Waals surface area contributed by atoms with E-state index in [1.54, 1.807) is 0 Å². The molecule has 2 aromatic rings. The van der Waals surface area contributed by atoms with Gasteiger partial charge in [0, 0.05) is 12.1 Å². The van der Waals surface area contributed by atoms with E-state index in [1.807, 2.05) is 24.3 Å². The average molecular weight is 363 g/mol. The van der Waals surface area contributed by atoms with Gasteiger partial charge in [-0.1, -0.05) is 37.1 Å². The van der Waals surface area contributed by atoms with E-state index >= 15 is 0 Å². The monoisotopic (exact) mass is 362 g/mol. The molecular weight excluding hydrogens is 344 g/mol. The lowest BCUT2D eigenvalue weighted by molar-refractivity contribution is -0.384. The summed E-state index contributed by atoms with van der Waals surface area (Å²) in [6.45, 7) is 2.73. The van der Waals surface area contributed by atoms with Crippen molar-refractivity contribution in [1.82, 2.24) is 5.32 Å². The minimum Gasteiger partial charge on any atom is -0.492 e. The molecule has 132 valence electrons. The zero-order chi connectivity index (χ0) is 18.2. The van der Waals surface area contributed by atoms with Crippen molar-refractivity contribution in [2.45, 2.75) is 19.8 Å². The Morgan fingerprint density at radius 2 is 1.96 bits per heavy atom. The molecule has 0 aliphatic rings. The zero-order valence-electron chi connectivity index (χ0n) is 13.8. The lowest BCUT2D eigenvalue weighted by Gasteiger charge is -2.09. The van der Waals surface area contributed by atoms with E-state index in [9.17, 15) is 14.9 Å². The number of carbonyl (C=O) groups is 1. The number of rotatable bonds is 8. The molecule has 0 radical (unpaired) electrons. The summed E-state index contributed by atoms with van der Waals surface area (Å²) < 4.78 is 5.57. The van der Waals surface area contributed by atoms with E-state index in [0.717, 1.165) is 24.7 Å². The van der Waals surface area contributed by atoms with Crippen molar-refractivity contribution in [3.63, 3.8) is 0 Å². The second kappa shape index (κ2) is 9.03. The van der Waals surface area contributed by atoms with Crippen molar-refractivity contribution in [1.29, 1.82) is 0 Å². The normalized spacial score (nSPS) is 10.3. The first-order valence-electron chi connectivity index (χ1n) is 7.95. The largest absolute Gasteiger partial charge is 0.492 e. The molecule has 1 N–H and O–H groups in total. The van der Waals surface area contributed by atoms with Gasteiger partial charge in [0.1, 0.15) is 12.4 Å². The Kier molecular flexibility index (Phi) is 6.77. The van der Waals surface area contributed by atoms with E-state index in [1.165, 1.54) is 17.7 Å². The highest BCUT2D eigenvalue weighted by Crippen LogP contribution is 2.22. The van der Waals surface area contributed by atoms with Crippen LogP contribution in [0.4, 0.5) is 5.69 Å². The Morgan fingerprint density at radius 1 is 1.24 bits per heavy atom. The van der Waals surface area contributed by atoms with Gasteiger partial charge in [0.05, 0.1) is 22.1 Å². The number of nitro groups is 1. The predicted molar refractivity (Wildman–Crippen MR) is 96.4 cm³/mol. The molecule has 0 fully saturated rings. The second-order valence-electron chi connectivity index (χ2n) is 5.42. The number of hydrogen-bond acceptors (Lipinski definition) is 4. The van der Waals surface area contributed by atoms with Crippen molar-refractivity contribution in [2.24, 2.45) is 0 Å². The number of ether oxygens (including phenoxy) is 1. The minimum atomic E-state index is -0.562. The first-order chi connectivity index (χ1) is 12.0. The molecule has 0 aromatic heterocycles. The van der Waals surface area contributed by atoms with Crippen LogP contribution in [0, 0.1) is 10.1 Å². The van der Waals surface area contributed by atoms with Gasteiger partial charge in [-0.25, -0.2) is 0 Å². The Balaban J connectivity index is 1.81. The highest BCUT2D eigenvalue weighted by molar-refractivity contribution is 6.34. The molecule has 1 amide bonds. The molecule has 0 heterocycles. The summed E-state index contributed by atoms with van der Waals surface area (Å²) in [5.41, 5.74) is 1.29. The van der Waals surface area contributed by atoms with Crippen LogP contribution < -0.4 is 10.1 Å². The zero-order valence-corrected chi connectivity index (χ0v) is 14.6. The molecule has 0 bridgehead atoms. The van der Waals surface area contributed by atoms with Crippen molar-refractivity contribution >= 4 is 23.2 Å². The lowest BCUT2D eigenvalue weighted by Crippen LogP contribution is -2.28. The van der Waals surface area contributed by atoms with Gasteiger partial charge in [0.2, 0.25) is 0 Å². The standard InChI is InChI=1S/C18H19ClN2O4/c1-2-3-13-4-7-15(8-5-13)25-11-10-20-18(22)16-9-6-14(21(23)24)12-17(16)19/h4-9,12H,2-3,10-11H2,1H3,(H,20,22). The summed E-state index contributed by atoms with van der Waals surface area (Å²) in [4.78, 5) is 22.2. The van der Waals surface area contributed by atoms with Crippen molar-refractivity contribution in [3.05, 3.63) is 68.7 Å². The number of amides is 1. The molecule has 0 aliphatic heterocycles. The van der Waals surface area contributed by atoms with Gasteiger partial charge >= 0.3 is 0 Å². The highest BCUT2D eigenvalue weighted by Gasteiger charge is 2.14. The fourth-order valence-corrected chi connectivity index (χ4v) is 2.53. The van der Waals surface area contributed by atoms with Gasteiger partial charge in [-0.05, 0) is 30.2 Å². The van der Waals surface area contributed by atoms with E-state index in [2.05, 4.69) is 12.2 Å². The third kappa shape index (κ3) is 5.46. The summed E-state index contributed by atoms with van der Waals surface area (Å²) in [6.07, 6.45) is 2.13. The number of halogens is 1. The summed E-state index contributed by atoms with van der Waals surface area (Å²) >= 11 is 5.92. The Labute approximate surface area is 150 Å². The summed E-state index contributed by atoms with van der Waals surface area (Å²) in [5.74, 6) is 0.337. The second-order valence-corrected chi connectivity index (χ2v) is 5.83. The number of nitro benzene ring substituents is 1. The van der Waals surface area contributed by atoms with Gasteiger partial charge < -0.3 is 10.1 Å². The summed E-state index contributed by atoms with van der Waals surface area (Å²) in [6, 6.07) is 11.6. The predicted octanol–water partition coefficient (Wildman–Crippen LogP) is 4.01. The van der Waals surface area contributed by atoms with E-state index in [0.29, 0.717) is 13.2 Å². The molecule has 2 aromatic carbocycles. The third-order valence-electron chi connectivity index (χ3n) is 3.53. The van der Waals surface area contributed by atoms with Crippen LogP contribution in [0.3, 0.4) is 0 Å². The number of hydrogen-bond donors (Lipinski definition) is 1. The fourth-order valence-electron chi connectivity index (χ4n) is 2.27. The Bertz CT molecular complexity index is 747. The molecule has 0 unspecified atom stereocenters. The number of aryl methyl sites for hydroxylation is 1. The van der Waals surface area contributed by atoms with E-state index < -0.39 is 10.8 Å². The third-order valence-corrected chi connectivity index (χ3v) is 3.84. The highest BCUT2D eigenvalue weighted by atomic mass is 35.5. The maximum atomic E-state index is 12.1. The van der Waals surface area contributed by atoms with Crippen molar-refractivity contribution in [2.75, 3.05) is 13.2 Å². The van der Waals surface area contributed by atoms with Crippen LogP contribution in [0.25, 0.3) is 0 Å². The number of nitrogens with zero attached hydrogens (tertiary/aromatic N) is 1. The van der Waals surface area contributed by atoms with E-state index in [-0.39, 0.29) is 16.3 Å². The molecule has 7 heteroatoms. The molecule has 0 saturated carbocycles. The minimum absolute atomic E-state index is 0.0409. The molecule has 0 aliphatic carbocycles. The summed E-state index contributed by atoms with van der Waals surface area (Å²) in [5, 5.41) is 13.4. The Morgan fingerprint density at radius 3 is 2.56 bits per heavy atom. The van der Waals surface area contributed by atoms with Crippen LogP contribution in [0.15, 0.2) is 42.5 Å². The SMILES string of the molecule is CCCc1ccc(OCCNC(=O)c2ccc([N+](=O)[O-])cc2Cl)cc1. The van der Waals surface area contributed by atoms with Crippen LogP contribution in [-0.4, -0.2) is 24.0 Å². The molecule has 0 spiro atoms. The van der Waals surface area contributed by atoms with Gasteiger partial charge in [0.25, 0.3) is 11.6 Å². The number of benzene rings is 2. The maximum absolute atomic E-state index is 12.1. The molecular formula is C18H19ClN2O4. The first-order valence-corrected chi connectivity index (χ1v) is 8.33. The fraction of sp³-hybridized carbons (Fsp3) is 0.278. The maximum Gasteiger partial charge on any atom is 0.270 e. The number of nitrogens with one attached hydrogen (secondary N) is 1. The van der Waals surface area contributed by atoms with Gasteiger partial charge in [-0.2, -0.15) is 0 Å². The van der Waals surface area contributed by atoms with Gasteiger partial charge in [-0.3, -0.25) is 14.9 Å². The first kappa shape index (κ1) is 18.7. The molecule has 6 nitrogen and oxygen atoms in total. The molecule has 0 atom stereocenters. The average Bonchev–Trinajstić information content (AvgIpc) is 2.60. The van der Waals surface area contributed by atoms with Crippen LogP contribution in [0.5, 0.6) is 5.75 Å². The smallest absolute Gasteiger partial charge is 0.270 e. The molecule has 25 heavy (non-hydrogen) atoms. The Hall–Kier alpha value is -2.60. The molecule has 2 rings (SSSR count). The van der Waals surface area contributed by atoms with Gasteiger partial charge in [0.15, 0.2) is 0 Å².